The summed E-state index contributed by atoms with van der Waals surface area (Å²) in [5, 5.41) is 0. The zero-order valence-corrected chi connectivity index (χ0v) is 15.8. The van der Waals surface area contributed by atoms with Crippen molar-refractivity contribution in [3.63, 3.8) is 0 Å². The average molecular weight is 355 g/mol. The van der Waals surface area contributed by atoms with Gasteiger partial charge in [-0.1, -0.05) is 6.92 Å². The van der Waals surface area contributed by atoms with Crippen LogP contribution in [0, 0.1) is 5.92 Å². The number of amides is 1. The Hall–Kier alpha value is -0.750. The molecule has 3 rings (SSSR count). The third-order valence-electron chi connectivity index (χ3n) is 5.70. The highest BCUT2D eigenvalue weighted by Gasteiger charge is 2.53. The van der Waals surface area contributed by atoms with Gasteiger partial charge in [-0.2, -0.15) is 0 Å². The van der Waals surface area contributed by atoms with Crippen LogP contribution in [-0.4, -0.2) is 64.6 Å². The van der Waals surface area contributed by atoms with E-state index in [9.17, 15) is 9.59 Å². The molecule has 1 atom stereocenters. The summed E-state index contributed by atoms with van der Waals surface area (Å²) in [6, 6.07) is -0.404. The van der Waals surface area contributed by atoms with Gasteiger partial charge in [0.05, 0.1) is 18.0 Å². The number of thioether (sulfide) groups is 1. The first-order valence-corrected chi connectivity index (χ1v) is 10.4. The van der Waals surface area contributed by atoms with Gasteiger partial charge in [-0.05, 0) is 64.5 Å². The molecule has 0 bridgehead atoms. The predicted octanol–water partition coefficient (Wildman–Crippen LogP) is 2.50. The summed E-state index contributed by atoms with van der Waals surface area (Å²) in [4.78, 5) is 29.6. The monoisotopic (exact) mass is 354 g/mol. The van der Waals surface area contributed by atoms with Crippen molar-refractivity contribution in [2.24, 2.45) is 5.92 Å². The van der Waals surface area contributed by atoms with Gasteiger partial charge in [0.15, 0.2) is 0 Å². The molecule has 3 aliphatic rings. The van der Waals surface area contributed by atoms with Crippen LogP contribution >= 0.6 is 11.8 Å². The van der Waals surface area contributed by atoms with E-state index in [4.69, 9.17) is 4.74 Å². The molecule has 0 aromatic carbocycles. The van der Waals surface area contributed by atoms with E-state index in [0.29, 0.717) is 24.8 Å². The van der Waals surface area contributed by atoms with Gasteiger partial charge >= 0.3 is 5.97 Å². The van der Waals surface area contributed by atoms with E-state index in [0.717, 1.165) is 38.8 Å². The Bertz CT molecular complexity index is 471. The Morgan fingerprint density at radius 3 is 2.50 bits per heavy atom. The normalized spacial score (nSPS) is 34.0. The Morgan fingerprint density at radius 1 is 1.21 bits per heavy atom. The molecular weight excluding hydrogens is 324 g/mol. The third kappa shape index (κ3) is 3.59. The zero-order chi connectivity index (χ0) is 17.2. The molecule has 0 N–H and O–H groups in total. The number of carbonyl (C=O) groups excluding carboxylic acids is 2. The predicted molar refractivity (Wildman–Crippen MR) is 95.8 cm³/mol. The highest BCUT2D eigenvalue weighted by atomic mass is 32.2. The maximum absolute atomic E-state index is 13.1. The van der Waals surface area contributed by atoms with Crippen molar-refractivity contribution in [3.05, 3.63) is 0 Å². The van der Waals surface area contributed by atoms with Crippen LogP contribution in [0.5, 0.6) is 0 Å². The molecule has 1 saturated carbocycles. The number of rotatable bonds is 4. The largest absolute Gasteiger partial charge is 0.464 e. The molecule has 3 fully saturated rings. The molecule has 1 unspecified atom stereocenters. The van der Waals surface area contributed by atoms with Gasteiger partial charge in [0.1, 0.15) is 6.04 Å². The molecule has 2 aliphatic heterocycles. The summed E-state index contributed by atoms with van der Waals surface area (Å²) in [5.41, 5.74) is 0. The van der Waals surface area contributed by atoms with E-state index >= 15 is 0 Å². The van der Waals surface area contributed by atoms with Crippen molar-refractivity contribution >= 4 is 23.6 Å². The SMILES string of the molecule is CCOC(=O)C1CSC2(CCC(C)CC2)N1C(=O)CN1CCCC1. The average Bonchev–Trinajstić information content (AvgIpc) is 3.19. The van der Waals surface area contributed by atoms with E-state index in [1.165, 1.54) is 12.8 Å². The minimum atomic E-state index is -0.404. The summed E-state index contributed by atoms with van der Waals surface area (Å²) in [7, 11) is 0. The lowest BCUT2D eigenvalue weighted by Gasteiger charge is -2.44. The van der Waals surface area contributed by atoms with Crippen molar-refractivity contribution < 1.29 is 14.3 Å². The standard InChI is InChI=1S/C18H30N2O3S/c1-3-23-17(22)15-13-24-18(8-6-14(2)7-9-18)20(15)16(21)12-19-10-4-5-11-19/h14-15H,3-13H2,1-2H3. The van der Waals surface area contributed by atoms with E-state index < -0.39 is 6.04 Å². The Kier molecular flexibility index (Phi) is 5.75. The summed E-state index contributed by atoms with van der Waals surface area (Å²) in [6.07, 6.45) is 6.62. The van der Waals surface area contributed by atoms with E-state index in [2.05, 4.69) is 11.8 Å². The lowest BCUT2D eigenvalue weighted by atomic mass is 9.85. The summed E-state index contributed by atoms with van der Waals surface area (Å²) in [6.45, 7) is 6.94. The lowest BCUT2D eigenvalue weighted by Crippen LogP contribution is -2.56. The summed E-state index contributed by atoms with van der Waals surface area (Å²) in [5.74, 6) is 1.29. The third-order valence-corrected chi connectivity index (χ3v) is 7.33. The minimum Gasteiger partial charge on any atom is -0.464 e. The van der Waals surface area contributed by atoms with Crippen LogP contribution < -0.4 is 0 Å². The maximum atomic E-state index is 13.1. The quantitative estimate of drug-likeness (QED) is 0.726. The van der Waals surface area contributed by atoms with Crippen LogP contribution in [0.25, 0.3) is 0 Å². The molecule has 136 valence electrons. The Morgan fingerprint density at radius 2 is 1.88 bits per heavy atom. The molecule has 2 heterocycles. The van der Waals surface area contributed by atoms with E-state index in [1.54, 1.807) is 0 Å². The van der Waals surface area contributed by atoms with Crippen molar-refractivity contribution in [1.82, 2.24) is 9.80 Å². The van der Waals surface area contributed by atoms with Crippen molar-refractivity contribution in [3.8, 4) is 0 Å². The Labute approximate surface area is 149 Å². The second-order valence-electron chi connectivity index (χ2n) is 7.45. The molecule has 1 aliphatic carbocycles. The second kappa shape index (κ2) is 7.65. The number of ether oxygens (including phenoxy) is 1. The summed E-state index contributed by atoms with van der Waals surface area (Å²) < 4.78 is 5.27. The van der Waals surface area contributed by atoms with Crippen LogP contribution in [0.15, 0.2) is 0 Å². The minimum absolute atomic E-state index is 0.120. The first-order chi connectivity index (χ1) is 11.6. The molecule has 24 heavy (non-hydrogen) atoms. The lowest BCUT2D eigenvalue weighted by molar-refractivity contribution is -0.156. The maximum Gasteiger partial charge on any atom is 0.329 e. The molecule has 0 aromatic heterocycles. The fourth-order valence-electron chi connectivity index (χ4n) is 4.28. The van der Waals surface area contributed by atoms with Crippen molar-refractivity contribution in [2.75, 3.05) is 32.0 Å². The first kappa shape index (κ1) is 18.1. The van der Waals surface area contributed by atoms with Gasteiger partial charge in [0.25, 0.3) is 0 Å². The number of hydrogen-bond donors (Lipinski definition) is 0. The van der Waals surface area contributed by atoms with Crippen LogP contribution in [-0.2, 0) is 14.3 Å². The number of likely N-dealkylation sites (tertiary alicyclic amines) is 1. The molecule has 0 radical (unpaired) electrons. The van der Waals surface area contributed by atoms with Crippen molar-refractivity contribution in [1.29, 1.82) is 0 Å². The molecule has 6 heteroatoms. The molecule has 1 amide bonds. The number of nitrogens with zero attached hydrogens (tertiary/aromatic N) is 2. The number of carbonyl (C=O) groups is 2. The molecule has 5 nitrogen and oxygen atoms in total. The van der Waals surface area contributed by atoms with Gasteiger partial charge in [0.2, 0.25) is 5.91 Å². The molecular formula is C18H30N2O3S. The van der Waals surface area contributed by atoms with Crippen LogP contribution in [0.1, 0.15) is 52.4 Å². The fourth-order valence-corrected chi connectivity index (χ4v) is 5.93. The van der Waals surface area contributed by atoms with Crippen LogP contribution in [0.4, 0.5) is 0 Å². The number of esters is 1. The molecule has 2 saturated heterocycles. The van der Waals surface area contributed by atoms with Crippen molar-refractivity contribution in [2.45, 2.75) is 63.3 Å². The van der Waals surface area contributed by atoms with Gasteiger partial charge in [-0.15, -0.1) is 11.8 Å². The number of hydrogen-bond acceptors (Lipinski definition) is 5. The zero-order valence-electron chi connectivity index (χ0n) is 15.0. The molecule has 0 aromatic rings. The smallest absolute Gasteiger partial charge is 0.329 e. The van der Waals surface area contributed by atoms with Gasteiger partial charge < -0.3 is 9.64 Å². The van der Waals surface area contributed by atoms with Gasteiger partial charge in [-0.25, -0.2) is 4.79 Å². The van der Waals surface area contributed by atoms with Gasteiger partial charge in [0, 0.05) is 5.75 Å². The fraction of sp³-hybridized carbons (Fsp3) is 0.889. The van der Waals surface area contributed by atoms with E-state index in [1.807, 2.05) is 23.6 Å². The second-order valence-corrected chi connectivity index (χ2v) is 8.84. The Balaban J connectivity index is 1.78. The van der Waals surface area contributed by atoms with Crippen LogP contribution in [0.3, 0.4) is 0 Å². The van der Waals surface area contributed by atoms with E-state index in [-0.39, 0.29) is 16.7 Å². The van der Waals surface area contributed by atoms with Gasteiger partial charge in [-0.3, -0.25) is 9.69 Å². The summed E-state index contributed by atoms with van der Waals surface area (Å²) >= 11 is 1.81. The highest BCUT2D eigenvalue weighted by Crippen LogP contribution is 2.50. The first-order valence-electron chi connectivity index (χ1n) is 9.41. The highest BCUT2D eigenvalue weighted by molar-refractivity contribution is 8.01. The van der Waals surface area contributed by atoms with Crippen LogP contribution in [0.2, 0.25) is 0 Å². The topological polar surface area (TPSA) is 49.9 Å². The molecule has 1 spiro atoms.